The summed E-state index contributed by atoms with van der Waals surface area (Å²) in [5, 5.41) is 6.44. The van der Waals surface area contributed by atoms with Crippen molar-refractivity contribution in [2.24, 2.45) is 0 Å². The van der Waals surface area contributed by atoms with Crippen LogP contribution in [0.1, 0.15) is 44.8 Å². The molecule has 0 aliphatic heterocycles. The maximum Gasteiger partial charge on any atom is 0.255 e. The molecule has 0 radical (unpaired) electrons. The lowest BCUT2D eigenvalue weighted by atomic mass is 10.1. The highest BCUT2D eigenvalue weighted by Crippen LogP contribution is 2.20. The van der Waals surface area contributed by atoms with Crippen LogP contribution in [0.5, 0.6) is 0 Å². The fraction of sp³-hybridized carbons (Fsp3) is 0.130. The first kappa shape index (κ1) is 19.6. The van der Waals surface area contributed by atoms with Crippen molar-refractivity contribution >= 4 is 29.1 Å². The van der Waals surface area contributed by atoms with Gasteiger partial charge in [0.05, 0.1) is 6.04 Å². The number of aryl methyl sites for hydroxylation is 1. The van der Waals surface area contributed by atoms with E-state index in [1.807, 2.05) is 44.2 Å². The molecular formula is C23H21ClN2O2. The number of rotatable bonds is 5. The fourth-order valence-corrected chi connectivity index (χ4v) is 3.07. The minimum Gasteiger partial charge on any atom is -0.346 e. The van der Waals surface area contributed by atoms with Crippen molar-refractivity contribution < 1.29 is 9.59 Å². The van der Waals surface area contributed by atoms with Gasteiger partial charge in [-0.1, -0.05) is 41.9 Å². The lowest BCUT2D eigenvalue weighted by Crippen LogP contribution is -2.26. The van der Waals surface area contributed by atoms with Crippen LogP contribution in [0, 0.1) is 6.92 Å². The summed E-state index contributed by atoms with van der Waals surface area (Å²) in [6, 6.07) is 21.5. The summed E-state index contributed by atoms with van der Waals surface area (Å²) < 4.78 is 0. The van der Waals surface area contributed by atoms with Crippen LogP contribution in [0.4, 0.5) is 5.69 Å². The number of amides is 2. The van der Waals surface area contributed by atoms with Gasteiger partial charge in [0.25, 0.3) is 11.8 Å². The third-order valence-electron chi connectivity index (χ3n) is 4.49. The zero-order valence-corrected chi connectivity index (χ0v) is 16.5. The molecule has 3 aromatic rings. The van der Waals surface area contributed by atoms with E-state index in [1.165, 1.54) is 0 Å². The predicted octanol–water partition coefficient (Wildman–Crippen LogP) is 5.39. The van der Waals surface area contributed by atoms with Crippen molar-refractivity contribution in [3.8, 4) is 0 Å². The molecule has 0 fully saturated rings. The van der Waals surface area contributed by atoms with Crippen LogP contribution in [-0.2, 0) is 0 Å². The molecule has 0 aliphatic rings. The summed E-state index contributed by atoms with van der Waals surface area (Å²) in [7, 11) is 0. The maximum absolute atomic E-state index is 12.5. The normalized spacial score (nSPS) is 11.5. The van der Waals surface area contributed by atoms with Gasteiger partial charge in [0.2, 0.25) is 0 Å². The highest BCUT2D eigenvalue weighted by molar-refractivity contribution is 6.30. The van der Waals surface area contributed by atoms with E-state index in [-0.39, 0.29) is 17.9 Å². The summed E-state index contributed by atoms with van der Waals surface area (Å²) in [5.74, 6) is -0.424. The van der Waals surface area contributed by atoms with Crippen LogP contribution in [0.2, 0.25) is 5.02 Å². The van der Waals surface area contributed by atoms with E-state index >= 15 is 0 Å². The SMILES string of the molecule is Cc1cc(Cl)ccc1NC(=O)c1ccc(C(=O)NC(C)c2ccccc2)cc1. The van der Waals surface area contributed by atoms with Crippen LogP contribution >= 0.6 is 11.6 Å². The first-order valence-electron chi connectivity index (χ1n) is 8.97. The van der Waals surface area contributed by atoms with E-state index in [2.05, 4.69) is 10.6 Å². The van der Waals surface area contributed by atoms with Crippen molar-refractivity contribution in [1.82, 2.24) is 5.32 Å². The molecule has 0 saturated heterocycles. The highest BCUT2D eigenvalue weighted by atomic mass is 35.5. The van der Waals surface area contributed by atoms with Crippen LogP contribution in [0.3, 0.4) is 0 Å². The van der Waals surface area contributed by atoms with Crippen molar-refractivity contribution in [3.63, 3.8) is 0 Å². The molecule has 0 aliphatic carbocycles. The second-order valence-corrected chi connectivity index (χ2v) is 7.03. The summed E-state index contributed by atoms with van der Waals surface area (Å²) in [5.41, 5.74) is 3.59. The molecule has 5 heteroatoms. The lowest BCUT2D eigenvalue weighted by molar-refractivity contribution is 0.0938. The molecule has 2 N–H and O–H groups in total. The Kier molecular flexibility index (Phi) is 6.12. The average Bonchev–Trinajstić information content (AvgIpc) is 2.70. The number of hydrogen-bond donors (Lipinski definition) is 2. The maximum atomic E-state index is 12.5. The molecule has 28 heavy (non-hydrogen) atoms. The molecule has 2 amide bonds. The van der Waals surface area contributed by atoms with Gasteiger partial charge in [-0.25, -0.2) is 0 Å². The van der Waals surface area contributed by atoms with Gasteiger partial charge in [-0.3, -0.25) is 9.59 Å². The van der Waals surface area contributed by atoms with Gasteiger partial charge in [0.1, 0.15) is 0 Å². The zero-order chi connectivity index (χ0) is 20.1. The van der Waals surface area contributed by atoms with Crippen molar-refractivity contribution in [3.05, 3.63) is 100 Å². The number of hydrogen-bond acceptors (Lipinski definition) is 2. The van der Waals surface area contributed by atoms with Gasteiger partial charge in [-0.05, 0) is 67.4 Å². The third-order valence-corrected chi connectivity index (χ3v) is 4.73. The van der Waals surface area contributed by atoms with E-state index in [1.54, 1.807) is 42.5 Å². The van der Waals surface area contributed by atoms with E-state index in [9.17, 15) is 9.59 Å². The molecule has 0 saturated carbocycles. The standard InChI is InChI=1S/C23H21ClN2O2/c1-15-14-20(24)12-13-21(15)26-23(28)19-10-8-18(9-11-19)22(27)25-16(2)17-6-4-3-5-7-17/h3-14,16H,1-2H3,(H,25,27)(H,26,28). The predicted molar refractivity (Wildman–Crippen MR) is 113 cm³/mol. The van der Waals surface area contributed by atoms with Gasteiger partial charge >= 0.3 is 0 Å². The third kappa shape index (κ3) is 4.78. The van der Waals surface area contributed by atoms with Crippen molar-refractivity contribution in [2.45, 2.75) is 19.9 Å². The number of anilines is 1. The first-order valence-corrected chi connectivity index (χ1v) is 9.35. The summed E-state index contributed by atoms with van der Waals surface area (Å²) in [6.45, 7) is 3.81. The molecule has 1 unspecified atom stereocenters. The highest BCUT2D eigenvalue weighted by Gasteiger charge is 2.13. The van der Waals surface area contributed by atoms with Gasteiger partial charge in [0, 0.05) is 21.8 Å². The van der Waals surface area contributed by atoms with E-state index in [0.717, 1.165) is 11.1 Å². The average molecular weight is 393 g/mol. The molecule has 3 aromatic carbocycles. The van der Waals surface area contributed by atoms with Crippen LogP contribution in [-0.4, -0.2) is 11.8 Å². The second-order valence-electron chi connectivity index (χ2n) is 6.60. The molecule has 142 valence electrons. The smallest absolute Gasteiger partial charge is 0.255 e. The van der Waals surface area contributed by atoms with Crippen LogP contribution in [0.15, 0.2) is 72.8 Å². The Morgan fingerprint density at radius 3 is 2.07 bits per heavy atom. The van der Waals surface area contributed by atoms with Crippen molar-refractivity contribution in [2.75, 3.05) is 5.32 Å². The second kappa shape index (κ2) is 8.72. The van der Waals surface area contributed by atoms with Crippen molar-refractivity contribution in [1.29, 1.82) is 0 Å². The number of nitrogens with one attached hydrogen (secondary N) is 2. The van der Waals surface area contributed by atoms with E-state index < -0.39 is 0 Å². The number of benzene rings is 3. The number of carbonyl (C=O) groups excluding carboxylic acids is 2. The molecule has 0 spiro atoms. The monoisotopic (exact) mass is 392 g/mol. The Bertz CT molecular complexity index is 985. The van der Waals surface area contributed by atoms with Gasteiger partial charge in [0.15, 0.2) is 0 Å². The molecular weight excluding hydrogens is 372 g/mol. The number of halogens is 1. The Labute approximate surface area is 169 Å². The Morgan fingerprint density at radius 1 is 0.857 bits per heavy atom. The van der Waals surface area contributed by atoms with Crippen LogP contribution in [0.25, 0.3) is 0 Å². The molecule has 0 bridgehead atoms. The lowest BCUT2D eigenvalue weighted by Gasteiger charge is -2.14. The topological polar surface area (TPSA) is 58.2 Å². The molecule has 0 heterocycles. The van der Waals surface area contributed by atoms with Gasteiger partial charge in [-0.15, -0.1) is 0 Å². The summed E-state index contributed by atoms with van der Waals surface area (Å²) in [6.07, 6.45) is 0. The molecule has 4 nitrogen and oxygen atoms in total. The molecule has 0 aromatic heterocycles. The van der Waals surface area contributed by atoms with Gasteiger partial charge in [-0.2, -0.15) is 0 Å². The Morgan fingerprint density at radius 2 is 1.46 bits per heavy atom. The summed E-state index contributed by atoms with van der Waals surface area (Å²) >= 11 is 5.94. The minimum absolute atomic E-state index is 0.107. The van der Waals surface area contributed by atoms with Gasteiger partial charge < -0.3 is 10.6 Å². The first-order chi connectivity index (χ1) is 13.4. The largest absolute Gasteiger partial charge is 0.346 e. The Hall–Kier alpha value is -3.11. The molecule has 3 rings (SSSR count). The minimum atomic E-state index is -0.241. The molecule has 1 atom stereocenters. The van der Waals surface area contributed by atoms with Crippen LogP contribution < -0.4 is 10.6 Å². The fourth-order valence-electron chi connectivity index (χ4n) is 2.84. The number of carbonyl (C=O) groups is 2. The van der Waals surface area contributed by atoms with E-state index in [4.69, 9.17) is 11.6 Å². The zero-order valence-electron chi connectivity index (χ0n) is 15.7. The quantitative estimate of drug-likeness (QED) is 0.611. The summed E-state index contributed by atoms with van der Waals surface area (Å²) in [4.78, 5) is 24.9. The Balaban J connectivity index is 1.65. The van der Waals surface area contributed by atoms with E-state index in [0.29, 0.717) is 21.8 Å².